The van der Waals surface area contributed by atoms with Crippen LogP contribution in [0.1, 0.15) is 51.4 Å². The summed E-state index contributed by atoms with van der Waals surface area (Å²) in [6.45, 7) is 0. The molecule has 0 radical (unpaired) electrons. The fourth-order valence-electron chi connectivity index (χ4n) is 2.80. The van der Waals surface area contributed by atoms with Gasteiger partial charge in [-0.05, 0) is 30.9 Å². The van der Waals surface area contributed by atoms with Crippen molar-refractivity contribution in [2.45, 2.75) is 51.4 Å². The predicted molar refractivity (Wildman–Crippen MR) is 80.5 cm³/mol. The molecular formula is C16H22ClNO. The van der Waals surface area contributed by atoms with Gasteiger partial charge in [0.2, 0.25) is 5.91 Å². The van der Waals surface area contributed by atoms with E-state index >= 15 is 0 Å². The number of para-hydroxylation sites is 1. The highest BCUT2D eigenvalue weighted by atomic mass is 35.5. The summed E-state index contributed by atoms with van der Waals surface area (Å²) in [4.78, 5) is 11.8. The number of benzene rings is 1. The summed E-state index contributed by atoms with van der Waals surface area (Å²) in [5.41, 5.74) is 0.715. The van der Waals surface area contributed by atoms with Gasteiger partial charge in [0, 0.05) is 6.42 Å². The van der Waals surface area contributed by atoms with E-state index in [1.54, 1.807) is 6.07 Å². The highest BCUT2D eigenvalue weighted by Gasteiger charge is 2.13. The van der Waals surface area contributed by atoms with E-state index in [4.69, 9.17) is 11.6 Å². The second-order valence-corrected chi connectivity index (χ2v) is 5.83. The smallest absolute Gasteiger partial charge is 0.224 e. The van der Waals surface area contributed by atoms with Crippen molar-refractivity contribution in [2.75, 3.05) is 5.32 Å². The number of hydrogen-bond donors (Lipinski definition) is 1. The third-order valence-corrected chi connectivity index (χ3v) is 4.22. The number of hydrogen-bond acceptors (Lipinski definition) is 1. The first kappa shape index (κ1) is 14.4. The van der Waals surface area contributed by atoms with Crippen LogP contribution in [0.25, 0.3) is 0 Å². The van der Waals surface area contributed by atoms with Gasteiger partial charge in [-0.15, -0.1) is 0 Å². The Hall–Kier alpha value is -1.02. The van der Waals surface area contributed by atoms with Crippen molar-refractivity contribution >= 4 is 23.2 Å². The average Bonchev–Trinajstić information content (AvgIpc) is 2.43. The monoisotopic (exact) mass is 279 g/mol. The van der Waals surface area contributed by atoms with Crippen LogP contribution in [-0.2, 0) is 4.79 Å². The minimum atomic E-state index is 0.0731. The van der Waals surface area contributed by atoms with E-state index in [0.29, 0.717) is 17.1 Å². The van der Waals surface area contributed by atoms with Crippen LogP contribution >= 0.6 is 11.6 Å². The van der Waals surface area contributed by atoms with Crippen LogP contribution < -0.4 is 5.32 Å². The largest absolute Gasteiger partial charge is 0.325 e. The van der Waals surface area contributed by atoms with Gasteiger partial charge in [0.15, 0.2) is 0 Å². The van der Waals surface area contributed by atoms with Crippen LogP contribution in [0.15, 0.2) is 24.3 Å². The molecule has 2 rings (SSSR count). The van der Waals surface area contributed by atoms with Crippen molar-refractivity contribution < 1.29 is 4.79 Å². The van der Waals surface area contributed by atoms with Gasteiger partial charge in [0.25, 0.3) is 0 Å². The Bertz CT molecular complexity index is 413. The zero-order valence-corrected chi connectivity index (χ0v) is 12.1. The van der Waals surface area contributed by atoms with Crippen LogP contribution in [-0.4, -0.2) is 5.91 Å². The van der Waals surface area contributed by atoms with Crippen molar-refractivity contribution in [2.24, 2.45) is 5.92 Å². The molecule has 1 amide bonds. The highest BCUT2D eigenvalue weighted by Crippen LogP contribution is 2.28. The lowest BCUT2D eigenvalue weighted by Gasteiger charge is -2.21. The lowest BCUT2D eigenvalue weighted by atomic mass is 9.86. The van der Waals surface area contributed by atoms with Gasteiger partial charge in [-0.1, -0.05) is 55.8 Å². The molecule has 0 heterocycles. The highest BCUT2D eigenvalue weighted by molar-refractivity contribution is 6.33. The van der Waals surface area contributed by atoms with E-state index in [1.807, 2.05) is 18.2 Å². The number of amides is 1. The zero-order chi connectivity index (χ0) is 13.5. The Morgan fingerprint density at radius 3 is 2.68 bits per heavy atom. The van der Waals surface area contributed by atoms with E-state index < -0.39 is 0 Å². The molecule has 1 aliphatic rings. The molecule has 0 bridgehead atoms. The Morgan fingerprint density at radius 2 is 1.95 bits per heavy atom. The van der Waals surface area contributed by atoms with Gasteiger partial charge in [0.05, 0.1) is 10.7 Å². The third-order valence-electron chi connectivity index (χ3n) is 3.89. The maximum atomic E-state index is 11.8. The Balaban J connectivity index is 1.68. The molecule has 1 saturated carbocycles. The SMILES string of the molecule is O=C(CCCC1CCCCC1)Nc1ccccc1Cl. The normalized spacial score (nSPS) is 16.3. The lowest BCUT2D eigenvalue weighted by Crippen LogP contribution is -2.13. The molecule has 1 fully saturated rings. The van der Waals surface area contributed by atoms with E-state index in [-0.39, 0.29) is 5.91 Å². The molecule has 2 nitrogen and oxygen atoms in total. The standard InChI is InChI=1S/C16H22ClNO/c17-14-10-4-5-11-15(14)18-16(19)12-6-9-13-7-2-1-3-8-13/h4-5,10-11,13H,1-3,6-9,12H2,(H,18,19). The van der Waals surface area contributed by atoms with Gasteiger partial charge in [0.1, 0.15) is 0 Å². The molecule has 19 heavy (non-hydrogen) atoms. The second-order valence-electron chi connectivity index (χ2n) is 5.42. The van der Waals surface area contributed by atoms with Crippen molar-refractivity contribution in [1.82, 2.24) is 0 Å². The minimum absolute atomic E-state index is 0.0731. The summed E-state index contributed by atoms with van der Waals surface area (Å²) in [5.74, 6) is 0.922. The quantitative estimate of drug-likeness (QED) is 0.805. The van der Waals surface area contributed by atoms with Crippen molar-refractivity contribution in [1.29, 1.82) is 0 Å². The zero-order valence-electron chi connectivity index (χ0n) is 11.3. The van der Waals surface area contributed by atoms with Crippen LogP contribution in [0, 0.1) is 5.92 Å². The first-order valence-corrected chi connectivity index (χ1v) is 7.68. The summed E-state index contributed by atoms with van der Waals surface area (Å²) in [7, 11) is 0. The summed E-state index contributed by atoms with van der Waals surface area (Å²) < 4.78 is 0. The number of carbonyl (C=O) groups excluding carboxylic acids is 1. The average molecular weight is 280 g/mol. The Labute approximate surface area is 120 Å². The molecule has 0 aromatic heterocycles. The number of rotatable bonds is 5. The molecule has 1 aliphatic carbocycles. The molecule has 1 aromatic rings. The molecule has 1 N–H and O–H groups in total. The van der Waals surface area contributed by atoms with Gasteiger partial charge in [-0.2, -0.15) is 0 Å². The van der Waals surface area contributed by atoms with Crippen LogP contribution in [0.3, 0.4) is 0 Å². The molecule has 0 unspecified atom stereocenters. The number of anilines is 1. The topological polar surface area (TPSA) is 29.1 Å². The molecule has 104 valence electrons. The molecule has 1 aromatic carbocycles. The Morgan fingerprint density at radius 1 is 1.21 bits per heavy atom. The maximum Gasteiger partial charge on any atom is 0.224 e. The van der Waals surface area contributed by atoms with Gasteiger partial charge < -0.3 is 5.32 Å². The fourth-order valence-corrected chi connectivity index (χ4v) is 2.99. The maximum absolute atomic E-state index is 11.8. The van der Waals surface area contributed by atoms with E-state index in [0.717, 1.165) is 12.3 Å². The summed E-state index contributed by atoms with van der Waals surface area (Å²) in [6.07, 6.45) is 9.62. The molecule has 0 atom stereocenters. The number of carbonyl (C=O) groups is 1. The summed E-state index contributed by atoms with van der Waals surface area (Å²) in [5, 5.41) is 3.48. The molecule has 0 saturated heterocycles. The van der Waals surface area contributed by atoms with E-state index in [9.17, 15) is 4.79 Å². The van der Waals surface area contributed by atoms with Gasteiger partial charge >= 0.3 is 0 Å². The summed E-state index contributed by atoms with van der Waals surface area (Å²) in [6, 6.07) is 7.37. The molecule has 3 heteroatoms. The van der Waals surface area contributed by atoms with E-state index in [1.165, 1.54) is 38.5 Å². The van der Waals surface area contributed by atoms with Gasteiger partial charge in [-0.25, -0.2) is 0 Å². The van der Waals surface area contributed by atoms with Crippen LogP contribution in [0.4, 0.5) is 5.69 Å². The molecule has 0 aliphatic heterocycles. The van der Waals surface area contributed by atoms with Crippen molar-refractivity contribution in [3.05, 3.63) is 29.3 Å². The van der Waals surface area contributed by atoms with E-state index in [2.05, 4.69) is 5.32 Å². The lowest BCUT2D eigenvalue weighted by molar-refractivity contribution is -0.116. The predicted octanol–water partition coefficient (Wildman–Crippen LogP) is 5.03. The second kappa shape index (κ2) is 7.54. The van der Waals surface area contributed by atoms with Gasteiger partial charge in [-0.3, -0.25) is 4.79 Å². The summed E-state index contributed by atoms with van der Waals surface area (Å²) >= 11 is 6.01. The van der Waals surface area contributed by atoms with Crippen LogP contribution in [0.5, 0.6) is 0 Å². The minimum Gasteiger partial charge on any atom is -0.325 e. The Kier molecular flexibility index (Phi) is 5.71. The van der Waals surface area contributed by atoms with Crippen LogP contribution in [0.2, 0.25) is 5.02 Å². The fraction of sp³-hybridized carbons (Fsp3) is 0.562. The van der Waals surface area contributed by atoms with Crippen molar-refractivity contribution in [3.8, 4) is 0 Å². The van der Waals surface area contributed by atoms with Crippen molar-refractivity contribution in [3.63, 3.8) is 0 Å². The number of halogens is 1. The third kappa shape index (κ3) is 4.87. The first-order valence-electron chi connectivity index (χ1n) is 7.30. The molecular weight excluding hydrogens is 258 g/mol. The molecule has 0 spiro atoms. The number of nitrogens with one attached hydrogen (secondary N) is 1. The first-order chi connectivity index (χ1) is 9.25.